The molecule has 1 unspecified atom stereocenters. The third kappa shape index (κ3) is 3.55. The maximum absolute atomic E-state index is 14.4. The van der Waals surface area contributed by atoms with E-state index in [0.717, 1.165) is 19.1 Å². The molecule has 3 rings (SSSR count). The van der Waals surface area contributed by atoms with Gasteiger partial charge in [0.15, 0.2) is 0 Å². The quantitative estimate of drug-likeness (QED) is 0.644. The standard InChI is InChI=1S/C17H20FN3O3/c18-13-9-12(19-14-2-4-16(23)20-17(14)24)1-3-15(13)21-7-5-11(10-22)6-8-21/h1,3,9-11,14,19H,2,4-8H2,(H,20,23,24). The molecule has 1 aromatic rings. The van der Waals surface area contributed by atoms with Gasteiger partial charge in [-0.2, -0.15) is 0 Å². The van der Waals surface area contributed by atoms with E-state index in [4.69, 9.17) is 0 Å². The van der Waals surface area contributed by atoms with E-state index in [1.165, 1.54) is 6.07 Å². The lowest BCUT2D eigenvalue weighted by Crippen LogP contribution is -2.47. The van der Waals surface area contributed by atoms with Gasteiger partial charge in [0.1, 0.15) is 18.1 Å². The maximum atomic E-state index is 14.4. The summed E-state index contributed by atoms with van der Waals surface area (Å²) in [4.78, 5) is 35.6. The molecule has 0 spiro atoms. The number of hydrogen-bond acceptors (Lipinski definition) is 5. The summed E-state index contributed by atoms with van der Waals surface area (Å²) in [5, 5.41) is 5.24. The molecular weight excluding hydrogens is 313 g/mol. The number of rotatable bonds is 4. The van der Waals surface area contributed by atoms with E-state index >= 15 is 0 Å². The second-order valence-electron chi connectivity index (χ2n) is 6.27. The van der Waals surface area contributed by atoms with Gasteiger partial charge in [0.2, 0.25) is 11.8 Å². The number of nitrogens with one attached hydrogen (secondary N) is 2. The van der Waals surface area contributed by atoms with E-state index in [9.17, 15) is 18.8 Å². The predicted octanol–water partition coefficient (Wildman–Crippen LogP) is 1.46. The molecule has 2 heterocycles. The van der Waals surface area contributed by atoms with Crippen molar-refractivity contribution in [2.45, 2.75) is 31.7 Å². The normalized spacial score (nSPS) is 22.2. The number of carbonyl (C=O) groups is 3. The zero-order valence-electron chi connectivity index (χ0n) is 13.3. The van der Waals surface area contributed by atoms with Crippen molar-refractivity contribution in [3.63, 3.8) is 0 Å². The van der Waals surface area contributed by atoms with Crippen molar-refractivity contribution in [2.24, 2.45) is 5.92 Å². The Morgan fingerprint density at radius 3 is 2.58 bits per heavy atom. The van der Waals surface area contributed by atoms with Gasteiger partial charge in [-0.1, -0.05) is 0 Å². The Morgan fingerprint density at radius 1 is 1.21 bits per heavy atom. The van der Waals surface area contributed by atoms with Crippen LogP contribution in [0.3, 0.4) is 0 Å². The number of piperidine rings is 2. The zero-order chi connectivity index (χ0) is 17.1. The molecule has 2 fully saturated rings. The molecule has 2 saturated heterocycles. The molecule has 24 heavy (non-hydrogen) atoms. The van der Waals surface area contributed by atoms with Crippen molar-refractivity contribution in [1.82, 2.24) is 5.32 Å². The Bertz CT molecular complexity index is 656. The van der Waals surface area contributed by atoms with Crippen molar-refractivity contribution in [2.75, 3.05) is 23.3 Å². The van der Waals surface area contributed by atoms with Gasteiger partial charge >= 0.3 is 0 Å². The van der Waals surface area contributed by atoms with Crippen LogP contribution in [0.5, 0.6) is 0 Å². The van der Waals surface area contributed by atoms with E-state index in [0.29, 0.717) is 30.9 Å². The third-order valence-electron chi connectivity index (χ3n) is 4.60. The number of halogens is 1. The van der Waals surface area contributed by atoms with Gasteiger partial charge in [0, 0.05) is 31.1 Å². The number of aldehydes is 1. The lowest BCUT2D eigenvalue weighted by atomic mass is 9.98. The summed E-state index contributed by atoms with van der Waals surface area (Å²) in [5.41, 5.74) is 1.02. The largest absolute Gasteiger partial charge is 0.374 e. The molecule has 0 aromatic heterocycles. The SMILES string of the molecule is O=CC1CCN(c2ccc(NC3CCC(=O)NC3=O)cc2F)CC1. The number of imide groups is 1. The van der Waals surface area contributed by atoms with Crippen LogP contribution in [0.2, 0.25) is 0 Å². The van der Waals surface area contributed by atoms with Gasteiger partial charge in [-0.05, 0) is 37.5 Å². The Morgan fingerprint density at radius 2 is 1.96 bits per heavy atom. The highest BCUT2D eigenvalue weighted by atomic mass is 19.1. The summed E-state index contributed by atoms with van der Waals surface area (Å²) in [7, 11) is 0. The summed E-state index contributed by atoms with van der Waals surface area (Å²) in [6.07, 6.45) is 3.11. The fraction of sp³-hybridized carbons (Fsp3) is 0.471. The minimum Gasteiger partial charge on any atom is -0.374 e. The van der Waals surface area contributed by atoms with Crippen LogP contribution >= 0.6 is 0 Å². The molecule has 0 bridgehead atoms. The first-order valence-electron chi connectivity index (χ1n) is 8.17. The van der Waals surface area contributed by atoms with Gasteiger partial charge in [-0.3, -0.25) is 14.9 Å². The van der Waals surface area contributed by atoms with Crippen molar-refractivity contribution >= 4 is 29.5 Å². The van der Waals surface area contributed by atoms with Crippen LogP contribution in [0.15, 0.2) is 18.2 Å². The maximum Gasteiger partial charge on any atom is 0.249 e. The Hall–Kier alpha value is -2.44. The first-order chi connectivity index (χ1) is 11.6. The average Bonchev–Trinajstić information content (AvgIpc) is 2.58. The molecule has 7 heteroatoms. The van der Waals surface area contributed by atoms with Crippen LogP contribution in [0, 0.1) is 11.7 Å². The van der Waals surface area contributed by atoms with Crippen LogP contribution in [0.1, 0.15) is 25.7 Å². The third-order valence-corrected chi connectivity index (χ3v) is 4.60. The van der Waals surface area contributed by atoms with Crippen LogP contribution in [-0.4, -0.2) is 37.2 Å². The fourth-order valence-electron chi connectivity index (χ4n) is 3.16. The minimum absolute atomic E-state index is 0.0674. The molecule has 0 saturated carbocycles. The van der Waals surface area contributed by atoms with Gasteiger partial charge in [0.25, 0.3) is 0 Å². The van der Waals surface area contributed by atoms with E-state index in [1.807, 2.05) is 4.90 Å². The first kappa shape index (κ1) is 16.4. The van der Waals surface area contributed by atoms with Gasteiger partial charge in [0.05, 0.1) is 5.69 Å². The summed E-state index contributed by atoms with van der Waals surface area (Å²) in [6.45, 7) is 1.31. The van der Waals surface area contributed by atoms with E-state index in [1.54, 1.807) is 12.1 Å². The van der Waals surface area contributed by atoms with Gasteiger partial charge in [-0.25, -0.2) is 4.39 Å². The van der Waals surface area contributed by atoms with Crippen molar-refractivity contribution in [1.29, 1.82) is 0 Å². The molecule has 2 aliphatic rings. The molecule has 128 valence electrons. The average molecular weight is 333 g/mol. The Labute approximate surface area is 139 Å². The molecule has 2 N–H and O–H groups in total. The highest BCUT2D eigenvalue weighted by molar-refractivity contribution is 6.01. The van der Waals surface area contributed by atoms with E-state index in [2.05, 4.69) is 10.6 Å². The van der Waals surface area contributed by atoms with E-state index < -0.39 is 6.04 Å². The molecule has 0 radical (unpaired) electrons. The highest BCUT2D eigenvalue weighted by Gasteiger charge is 2.27. The number of benzene rings is 1. The molecule has 1 atom stereocenters. The monoisotopic (exact) mass is 333 g/mol. The summed E-state index contributed by atoms with van der Waals surface area (Å²) < 4.78 is 14.4. The van der Waals surface area contributed by atoms with Gasteiger partial charge in [-0.15, -0.1) is 0 Å². The smallest absolute Gasteiger partial charge is 0.249 e. The summed E-state index contributed by atoms with van der Waals surface area (Å²) >= 11 is 0. The van der Waals surface area contributed by atoms with Crippen LogP contribution in [0.4, 0.5) is 15.8 Å². The topological polar surface area (TPSA) is 78.5 Å². The second-order valence-corrected chi connectivity index (χ2v) is 6.27. The van der Waals surface area contributed by atoms with Gasteiger partial charge < -0.3 is 15.0 Å². The molecule has 2 aliphatic heterocycles. The molecular formula is C17H20FN3O3. The predicted molar refractivity (Wildman–Crippen MR) is 87.2 cm³/mol. The van der Waals surface area contributed by atoms with Crippen LogP contribution < -0.4 is 15.5 Å². The number of anilines is 2. The molecule has 6 nitrogen and oxygen atoms in total. The molecule has 2 amide bonds. The lowest BCUT2D eigenvalue weighted by Gasteiger charge is -2.32. The molecule has 1 aromatic carbocycles. The lowest BCUT2D eigenvalue weighted by molar-refractivity contribution is -0.133. The number of hydrogen-bond donors (Lipinski definition) is 2. The Balaban J connectivity index is 1.65. The summed E-state index contributed by atoms with van der Waals surface area (Å²) in [6, 6.07) is 4.25. The second kappa shape index (κ2) is 6.98. The van der Waals surface area contributed by atoms with Crippen LogP contribution in [-0.2, 0) is 14.4 Å². The van der Waals surface area contributed by atoms with Crippen molar-refractivity contribution in [3.05, 3.63) is 24.0 Å². The molecule has 0 aliphatic carbocycles. The number of carbonyl (C=O) groups excluding carboxylic acids is 3. The minimum atomic E-state index is -0.531. The van der Waals surface area contributed by atoms with E-state index in [-0.39, 0.29) is 30.0 Å². The zero-order valence-corrected chi connectivity index (χ0v) is 13.3. The van der Waals surface area contributed by atoms with Crippen LogP contribution in [0.25, 0.3) is 0 Å². The summed E-state index contributed by atoms with van der Waals surface area (Å²) in [5.74, 6) is -0.959. The highest BCUT2D eigenvalue weighted by Crippen LogP contribution is 2.27. The first-order valence-corrected chi connectivity index (χ1v) is 8.17. The van der Waals surface area contributed by atoms with Crippen molar-refractivity contribution < 1.29 is 18.8 Å². The number of nitrogens with zero attached hydrogens (tertiary/aromatic N) is 1. The number of amides is 2. The fourth-order valence-corrected chi connectivity index (χ4v) is 3.16. The van der Waals surface area contributed by atoms with Crippen molar-refractivity contribution in [3.8, 4) is 0 Å². The Kier molecular flexibility index (Phi) is 4.78.